The molecule has 2 N–H and O–H groups in total. The minimum atomic E-state index is 0.596. The minimum Gasteiger partial charge on any atom is -0.379 e. The summed E-state index contributed by atoms with van der Waals surface area (Å²) in [7, 11) is 1.79. The highest BCUT2D eigenvalue weighted by Crippen LogP contribution is 2.21. The van der Waals surface area contributed by atoms with Crippen molar-refractivity contribution in [2.24, 2.45) is 4.99 Å². The van der Waals surface area contributed by atoms with E-state index >= 15 is 0 Å². The van der Waals surface area contributed by atoms with Crippen LogP contribution in [-0.4, -0.2) is 39.1 Å². The van der Waals surface area contributed by atoms with Gasteiger partial charge in [-0.1, -0.05) is 36.4 Å². The van der Waals surface area contributed by atoms with Crippen LogP contribution in [0.4, 0.5) is 0 Å². The van der Waals surface area contributed by atoms with Crippen LogP contribution in [0.25, 0.3) is 0 Å². The summed E-state index contributed by atoms with van der Waals surface area (Å²) >= 11 is 1.77. The van der Waals surface area contributed by atoms with E-state index in [1.54, 1.807) is 18.8 Å². The molecule has 0 aromatic heterocycles. The van der Waals surface area contributed by atoms with Crippen molar-refractivity contribution in [3.8, 4) is 0 Å². The Morgan fingerprint density at radius 1 is 1.00 bits per heavy atom. The molecule has 0 aliphatic rings. The van der Waals surface area contributed by atoms with Gasteiger partial charge in [0.1, 0.15) is 0 Å². The molecule has 0 bridgehead atoms. The fourth-order valence-electron chi connectivity index (χ4n) is 2.86. The average Bonchev–Trinajstić information content (AvgIpc) is 2.74. The zero-order chi connectivity index (χ0) is 20.9. The van der Waals surface area contributed by atoms with Crippen molar-refractivity contribution >= 4 is 17.7 Å². The Bertz CT molecular complexity index is 780. The highest BCUT2D eigenvalue weighted by atomic mass is 32.2. The van der Waals surface area contributed by atoms with Crippen LogP contribution in [0.2, 0.25) is 0 Å². The first-order chi connectivity index (χ1) is 14.2. The van der Waals surface area contributed by atoms with Gasteiger partial charge in [0.2, 0.25) is 0 Å². The van der Waals surface area contributed by atoms with Crippen LogP contribution < -0.4 is 10.6 Å². The number of aryl methyl sites for hydroxylation is 1. The number of nitrogens with one attached hydrogen (secondary N) is 2. The lowest BCUT2D eigenvalue weighted by Gasteiger charge is -2.14. The molecule has 0 aliphatic heterocycles. The highest BCUT2D eigenvalue weighted by Gasteiger charge is 2.04. The molecule has 0 amide bonds. The van der Waals surface area contributed by atoms with E-state index < -0.39 is 0 Å². The van der Waals surface area contributed by atoms with Crippen molar-refractivity contribution in [2.45, 2.75) is 38.4 Å². The molecular weight excluding hydrogens is 382 g/mol. The molecule has 0 spiro atoms. The van der Waals surface area contributed by atoms with Crippen molar-refractivity contribution in [1.82, 2.24) is 10.6 Å². The van der Waals surface area contributed by atoms with Gasteiger partial charge in [-0.05, 0) is 48.4 Å². The highest BCUT2D eigenvalue weighted by molar-refractivity contribution is 7.98. The Balaban J connectivity index is 1.82. The van der Waals surface area contributed by atoms with Gasteiger partial charge in [-0.25, -0.2) is 0 Å². The van der Waals surface area contributed by atoms with Gasteiger partial charge in [0.15, 0.2) is 5.96 Å². The van der Waals surface area contributed by atoms with Crippen LogP contribution in [0.15, 0.2) is 52.4 Å². The molecule has 0 atom stereocenters. The van der Waals surface area contributed by atoms with E-state index in [1.807, 2.05) is 6.92 Å². The lowest BCUT2D eigenvalue weighted by Crippen LogP contribution is -2.36. The number of ether oxygens (including phenoxy) is 2. The van der Waals surface area contributed by atoms with Crippen LogP contribution in [0.1, 0.15) is 29.2 Å². The molecule has 0 saturated heterocycles. The maximum Gasteiger partial charge on any atom is 0.191 e. The third-order valence-electron chi connectivity index (χ3n) is 4.41. The molecule has 0 aliphatic carbocycles. The number of thioether (sulfide) groups is 1. The summed E-state index contributed by atoms with van der Waals surface area (Å²) in [4.78, 5) is 5.64. The number of aliphatic imine (C=N–C) groups is 1. The summed E-state index contributed by atoms with van der Waals surface area (Å²) in [5.74, 6) is 0.788. The van der Waals surface area contributed by atoms with E-state index in [0.717, 1.165) is 24.7 Å². The third kappa shape index (κ3) is 8.48. The molecule has 0 saturated carbocycles. The molecule has 0 heterocycles. The van der Waals surface area contributed by atoms with Gasteiger partial charge >= 0.3 is 0 Å². The SMILES string of the molecule is CCOCCOCc1cccc(CNC(=NC)NCc2ccc(C)cc2SC)c1. The summed E-state index contributed by atoms with van der Waals surface area (Å²) in [6.45, 7) is 8.13. The van der Waals surface area contributed by atoms with Crippen LogP contribution in [-0.2, 0) is 29.2 Å². The van der Waals surface area contributed by atoms with Gasteiger partial charge in [-0.15, -0.1) is 11.8 Å². The summed E-state index contributed by atoms with van der Waals surface area (Å²) in [5.41, 5.74) is 4.91. The number of hydrogen-bond donors (Lipinski definition) is 2. The second-order valence-corrected chi connectivity index (χ2v) is 7.51. The van der Waals surface area contributed by atoms with Gasteiger partial charge in [0, 0.05) is 31.6 Å². The topological polar surface area (TPSA) is 54.9 Å². The fraction of sp³-hybridized carbons (Fsp3) is 0.435. The third-order valence-corrected chi connectivity index (χ3v) is 5.23. The number of benzene rings is 2. The van der Waals surface area contributed by atoms with Gasteiger partial charge in [-0.2, -0.15) is 0 Å². The Labute approximate surface area is 179 Å². The Morgan fingerprint density at radius 3 is 2.52 bits per heavy atom. The summed E-state index contributed by atoms with van der Waals surface area (Å²) in [6.07, 6.45) is 2.11. The molecule has 2 aromatic rings. The van der Waals surface area contributed by atoms with Crippen molar-refractivity contribution in [1.29, 1.82) is 0 Å². The van der Waals surface area contributed by atoms with E-state index in [9.17, 15) is 0 Å². The van der Waals surface area contributed by atoms with Crippen molar-refractivity contribution in [3.63, 3.8) is 0 Å². The quantitative estimate of drug-likeness (QED) is 0.250. The van der Waals surface area contributed by atoms with E-state index in [4.69, 9.17) is 9.47 Å². The predicted octanol–water partition coefficient (Wildman–Crippen LogP) is 4.14. The van der Waals surface area contributed by atoms with Gasteiger partial charge in [0.25, 0.3) is 0 Å². The second kappa shape index (κ2) is 13.2. The molecule has 0 radical (unpaired) electrons. The molecule has 2 rings (SSSR count). The van der Waals surface area contributed by atoms with Crippen LogP contribution in [0, 0.1) is 6.92 Å². The second-order valence-electron chi connectivity index (χ2n) is 6.66. The zero-order valence-corrected chi connectivity index (χ0v) is 18.8. The first-order valence-electron chi connectivity index (χ1n) is 9.97. The predicted molar refractivity (Wildman–Crippen MR) is 123 cm³/mol. The van der Waals surface area contributed by atoms with E-state index in [-0.39, 0.29) is 0 Å². The van der Waals surface area contributed by atoms with Crippen LogP contribution >= 0.6 is 11.8 Å². The Morgan fingerprint density at radius 2 is 1.76 bits per heavy atom. The molecule has 0 unspecified atom stereocenters. The smallest absolute Gasteiger partial charge is 0.191 e. The largest absolute Gasteiger partial charge is 0.379 e. The molecule has 6 heteroatoms. The van der Waals surface area contributed by atoms with E-state index in [2.05, 4.69) is 71.3 Å². The number of nitrogens with zero attached hydrogens (tertiary/aromatic N) is 1. The van der Waals surface area contributed by atoms with Crippen LogP contribution in [0.3, 0.4) is 0 Å². The molecule has 5 nitrogen and oxygen atoms in total. The first-order valence-corrected chi connectivity index (χ1v) is 11.2. The van der Waals surface area contributed by atoms with Gasteiger partial charge in [0.05, 0.1) is 19.8 Å². The molecule has 29 heavy (non-hydrogen) atoms. The Kier molecular flexibility index (Phi) is 10.6. The summed E-state index contributed by atoms with van der Waals surface area (Å²) in [6, 6.07) is 15.0. The maximum atomic E-state index is 5.66. The van der Waals surface area contributed by atoms with Crippen molar-refractivity contribution in [2.75, 3.05) is 33.1 Å². The van der Waals surface area contributed by atoms with Crippen molar-refractivity contribution in [3.05, 3.63) is 64.7 Å². The molecule has 0 fully saturated rings. The fourth-order valence-corrected chi connectivity index (χ4v) is 3.57. The summed E-state index contributed by atoms with van der Waals surface area (Å²) in [5, 5.41) is 6.79. The zero-order valence-electron chi connectivity index (χ0n) is 18.0. The minimum absolute atomic E-state index is 0.596. The monoisotopic (exact) mass is 415 g/mol. The lowest BCUT2D eigenvalue weighted by atomic mass is 10.1. The standard InChI is InChI=1S/C23H33N3O2S/c1-5-27-11-12-28-17-20-8-6-7-19(14-20)15-25-23(24-3)26-16-21-10-9-18(2)13-22(21)29-4/h6-10,13-14H,5,11-12,15-17H2,1-4H3,(H2,24,25,26). The molecular formula is C23H33N3O2S. The average molecular weight is 416 g/mol. The van der Waals surface area contributed by atoms with Gasteiger partial charge < -0.3 is 20.1 Å². The number of hydrogen-bond acceptors (Lipinski definition) is 4. The number of guanidine groups is 1. The normalized spacial score (nSPS) is 11.5. The Hall–Kier alpha value is -2.02. The van der Waals surface area contributed by atoms with E-state index in [0.29, 0.717) is 26.4 Å². The van der Waals surface area contributed by atoms with E-state index in [1.165, 1.54) is 21.6 Å². The molecule has 2 aromatic carbocycles. The first kappa shape index (κ1) is 23.3. The molecule has 158 valence electrons. The summed E-state index contributed by atoms with van der Waals surface area (Å²) < 4.78 is 10.9. The van der Waals surface area contributed by atoms with Gasteiger partial charge in [-0.3, -0.25) is 4.99 Å². The van der Waals surface area contributed by atoms with Crippen LogP contribution in [0.5, 0.6) is 0 Å². The maximum absolute atomic E-state index is 5.66. The lowest BCUT2D eigenvalue weighted by molar-refractivity contribution is 0.0453. The number of rotatable bonds is 11. The van der Waals surface area contributed by atoms with Crippen molar-refractivity contribution < 1.29 is 9.47 Å².